The van der Waals surface area contributed by atoms with E-state index in [4.69, 9.17) is 9.47 Å². The molecule has 0 bridgehead atoms. The molecule has 2 nitrogen and oxygen atoms in total. The number of hydrogen-bond donors (Lipinski definition) is 0. The van der Waals surface area contributed by atoms with Gasteiger partial charge in [-0.25, -0.2) is 0 Å². The first kappa shape index (κ1) is 18.2. The van der Waals surface area contributed by atoms with Gasteiger partial charge in [-0.3, -0.25) is 0 Å². The SMILES string of the molecule is COCOc1ccc(Cc2c(C)cccc2C)cc1Cc1ccccc1. The van der Waals surface area contributed by atoms with Crippen molar-refractivity contribution in [2.75, 3.05) is 13.9 Å². The van der Waals surface area contributed by atoms with Crippen LogP contribution in [0.4, 0.5) is 0 Å². The summed E-state index contributed by atoms with van der Waals surface area (Å²) in [5, 5.41) is 0. The molecule has 0 spiro atoms. The van der Waals surface area contributed by atoms with Gasteiger partial charge in [0, 0.05) is 13.5 Å². The molecule has 0 atom stereocenters. The lowest BCUT2D eigenvalue weighted by Gasteiger charge is -2.15. The third-order valence-electron chi connectivity index (χ3n) is 4.72. The highest BCUT2D eigenvalue weighted by atomic mass is 16.7. The fourth-order valence-corrected chi connectivity index (χ4v) is 3.29. The first-order chi connectivity index (χ1) is 12.7. The smallest absolute Gasteiger partial charge is 0.188 e. The van der Waals surface area contributed by atoms with Crippen molar-refractivity contribution in [1.29, 1.82) is 0 Å². The summed E-state index contributed by atoms with van der Waals surface area (Å²) in [6.07, 6.45) is 1.78. The normalized spacial score (nSPS) is 10.7. The van der Waals surface area contributed by atoms with E-state index in [0.29, 0.717) is 0 Å². The van der Waals surface area contributed by atoms with Crippen LogP contribution in [0.5, 0.6) is 5.75 Å². The maximum Gasteiger partial charge on any atom is 0.188 e. The second-order valence-electron chi connectivity index (χ2n) is 6.70. The van der Waals surface area contributed by atoms with Crippen molar-refractivity contribution in [2.45, 2.75) is 26.7 Å². The van der Waals surface area contributed by atoms with Crippen molar-refractivity contribution in [3.05, 3.63) is 100 Å². The minimum Gasteiger partial charge on any atom is -0.467 e. The van der Waals surface area contributed by atoms with Gasteiger partial charge in [0.15, 0.2) is 6.79 Å². The van der Waals surface area contributed by atoms with Crippen molar-refractivity contribution in [3.8, 4) is 5.75 Å². The van der Waals surface area contributed by atoms with Crippen LogP contribution in [-0.2, 0) is 17.6 Å². The van der Waals surface area contributed by atoms with E-state index in [2.05, 4.69) is 74.5 Å². The second kappa shape index (κ2) is 8.68. The van der Waals surface area contributed by atoms with Gasteiger partial charge in [0.25, 0.3) is 0 Å². The van der Waals surface area contributed by atoms with E-state index < -0.39 is 0 Å². The van der Waals surface area contributed by atoms with E-state index in [1.807, 2.05) is 6.07 Å². The van der Waals surface area contributed by atoms with Gasteiger partial charge in [-0.15, -0.1) is 0 Å². The Hall–Kier alpha value is -2.58. The highest BCUT2D eigenvalue weighted by Gasteiger charge is 2.09. The van der Waals surface area contributed by atoms with E-state index in [9.17, 15) is 0 Å². The molecule has 3 aromatic rings. The summed E-state index contributed by atoms with van der Waals surface area (Å²) in [5.74, 6) is 0.890. The molecule has 0 aliphatic carbocycles. The summed E-state index contributed by atoms with van der Waals surface area (Å²) in [6.45, 7) is 4.63. The molecule has 0 saturated carbocycles. The van der Waals surface area contributed by atoms with Crippen LogP contribution < -0.4 is 4.74 Å². The van der Waals surface area contributed by atoms with Crippen molar-refractivity contribution in [1.82, 2.24) is 0 Å². The van der Waals surface area contributed by atoms with Crippen LogP contribution in [0.2, 0.25) is 0 Å². The average molecular weight is 346 g/mol. The molecule has 0 heterocycles. The molecule has 0 N–H and O–H groups in total. The number of hydrogen-bond acceptors (Lipinski definition) is 2. The van der Waals surface area contributed by atoms with E-state index in [1.165, 1.54) is 33.4 Å². The Bertz CT molecular complexity index is 833. The molecule has 0 aliphatic heterocycles. The maximum atomic E-state index is 5.79. The fourth-order valence-electron chi connectivity index (χ4n) is 3.29. The molecule has 0 fully saturated rings. The Balaban J connectivity index is 1.91. The van der Waals surface area contributed by atoms with Gasteiger partial charge in [0.1, 0.15) is 5.75 Å². The van der Waals surface area contributed by atoms with Crippen molar-refractivity contribution in [3.63, 3.8) is 0 Å². The van der Waals surface area contributed by atoms with Crippen LogP contribution in [0.1, 0.15) is 33.4 Å². The summed E-state index contributed by atoms with van der Waals surface area (Å²) in [4.78, 5) is 0. The van der Waals surface area contributed by atoms with Gasteiger partial charge >= 0.3 is 0 Å². The maximum absolute atomic E-state index is 5.79. The predicted octanol–water partition coefficient (Wildman–Crippen LogP) is 5.47. The average Bonchev–Trinajstić information content (AvgIpc) is 2.65. The molecule has 3 rings (SSSR count). The highest BCUT2D eigenvalue weighted by molar-refractivity contribution is 5.44. The van der Waals surface area contributed by atoms with Gasteiger partial charge < -0.3 is 9.47 Å². The van der Waals surface area contributed by atoms with E-state index >= 15 is 0 Å². The molecule has 0 aromatic heterocycles. The first-order valence-electron chi connectivity index (χ1n) is 9.00. The Kier molecular flexibility index (Phi) is 6.08. The summed E-state index contributed by atoms with van der Waals surface area (Å²) in [7, 11) is 1.65. The van der Waals surface area contributed by atoms with E-state index in [0.717, 1.165) is 18.6 Å². The van der Waals surface area contributed by atoms with Crippen LogP contribution in [0.3, 0.4) is 0 Å². The van der Waals surface area contributed by atoms with Crippen LogP contribution in [0, 0.1) is 13.8 Å². The standard InChI is InChI=1S/C24H26O2/c1-18-8-7-9-19(2)23(18)16-21-12-13-24(26-17-25-3)22(15-21)14-20-10-5-4-6-11-20/h4-13,15H,14,16-17H2,1-3H3. The highest BCUT2D eigenvalue weighted by Crippen LogP contribution is 2.26. The third kappa shape index (κ3) is 4.53. The minimum atomic E-state index is 0.262. The number of aryl methyl sites for hydroxylation is 2. The van der Waals surface area contributed by atoms with Gasteiger partial charge in [-0.2, -0.15) is 0 Å². The first-order valence-corrected chi connectivity index (χ1v) is 9.00. The lowest BCUT2D eigenvalue weighted by atomic mass is 9.94. The molecule has 0 amide bonds. The largest absolute Gasteiger partial charge is 0.467 e. The molecule has 0 radical (unpaired) electrons. The summed E-state index contributed by atoms with van der Waals surface area (Å²) < 4.78 is 10.9. The topological polar surface area (TPSA) is 18.5 Å². The Morgan fingerprint density at radius 3 is 2.15 bits per heavy atom. The number of methoxy groups -OCH3 is 1. The van der Waals surface area contributed by atoms with E-state index in [1.54, 1.807) is 7.11 Å². The number of benzene rings is 3. The minimum absolute atomic E-state index is 0.262. The van der Waals surface area contributed by atoms with Gasteiger partial charge in [-0.05, 0) is 59.7 Å². The lowest BCUT2D eigenvalue weighted by molar-refractivity contribution is 0.0505. The van der Waals surface area contributed by atoms with Crippen molar-refractivity contribution in [2.24, 2.45) is 0 Å². The van der Waals surface area contributed by atoms with Gasteiger partial charge in [0.2, 0.25) is 0 Å². The molecular formula is C24H26O2. The molecule has 3 aromatic carbocycles. The van der Waals surface area contributed by atoms with Crippen LogP contribution in [0.15, 0.2) is 66.7 Å². The Morgan fingerprint density at radius 2 is 1.46 bits per heavy atom. The van der Waals surface area contributed by atoms with Crippen LogP contribution in [-0.4, -0.2) is 13.9 Å². The lowest BCUT2D eigenvalue weighted by Crippen LogP contribution is -2.04. The summed E-state index contributed by atoms with van der Waals surface area (Å²) in [6, 6.07) is 23.5. The predicted molar refractivity (Wildman–Crippen MR) is 107 cm³/mol. The summed E-state index contributed by atoms with van der Waals surface area (Å²) >= 11 is 0. The molecule has 134 valence electrons. The van der Waals surface area contributed by atoms with Crippen LogP contribution >= 0.6 is 0 Å². The molecule has 0 saturated heterocycles. The monoisotopic (exact) mass is 346 g/mol. The molecule has 2 heteroatoms. The fraction of sp³-hybridized carbons (Fsp3) is 0.250. The zero-order valence-electron chi connectivity index (χ0n) is 15.8. The molecule has 0 unspecified atom stereocenters. The van der Waals surface area contributed by atoms with Crippen molar-refractivity contribution >= 4 is 0 Å². The van der Waals surface area contributed by atoms with Crippen molar-refractivity contribution < 1.29 is 9.47 Å². The zero-order valence-corrected chi connectivity index (χ0v) is 15.8. The molecular weight excluding hydrogens is 320 g/mol. The Labute approximate surface area is 156 Å². The third-order valence-corrected chi connectivity index (χ3v) is 4.72. The van der Waals surface area contributed by atoms with Crippen LogP contribution in [0.25, 0.3) is 0 Å². The second-order valence-corrected chi connectivity index (χ2v) is 6.70. The number of rotatable bonds is 7. The number of ether oxygens (including phenoxy) is 2. The quantitative estimate of drug-likeness (QED) is 0.528. The van der Waals surface area contributed by atoms with E-state index in [-0.39, 0.29) is 6.79 Å². The molecule has 26 heavy (non-hydrogen) atoms. The van der Waals surface area contributed by atoms with Gasteiger partial charge in [-0.1, -0.05) is 60.7 Å². The van der Waals surface area contributed by atoms with Gasteiger partial charge in [0.05, 0.1) is 0 Å². The zero-order chi connectivity index (χ0) is 18.4. The Morgan fingerprint density at radius 1 is 0.731 bits per heavy atom. The molecule has 0 aliphatic rings. The summed E-state index contributed by atoms with van der Waals surface area (Å²) in [5.41, 5.74) is 7.86.